The molecule has 1 aliphatic heterocycles. The highest BCUT2D eigenvalue weighted by Gasteiger charge is 2.16. The van der Waals surface area contributed by atoms with Crippen LogP contribution in [0.15, 0.2) is 12.7 Å². The van der Waals surface area contributed by atoms with E-state index in [-0.39, 0.29) is 0 Å². The van der Waals surface area contributed by atoms with Crippen LogP contribution in [0.5, 0.6) is 0 Å². The monoisotopic (exact) mass is 126 g/mol. The molecule has 1 unspecified atom stereocenters. The fraction of sp³-hybridized carbons (Fsp3) is 0.714. The first-order chi connectivity index (χ1) is 4.33. The molecule has 1 fully saturated rings. The summed E-state index contributed by atoms with van der Waals surface area (Å²) in [5.41, 5.74) is 5.68. The molecule has 0 aromatic heterocycles. The standard InChI is InChI=1S/C7H14N2/c1-2-4-9-5-3-7(8)6-9/h2,7H,1,3-6,8H2. The lowest BCUT2D eigenvalue weighted by atomic mass is 10.3. The van der Waals surface area contributed by atoms with Crippen molar-refractivity contribution in [2.45, 2.75) is 12.5 Å². The molecule has 0 saturated carbocycles. The van der Waals surface area contributed by atoms with Gasteiger partial charge in [-0.1, -0.05) is 6.08 Å². The molecule has 2 heteroatoms. The quantitative estimate of drug-likeness (QED) is 0.536. The highest BCUT2D eigenvalue weighted by atomic mass is 15.2. The molecule has 1 aliphatic rings. The van der Waals surface area contributed by atoms with Crippen molar-refractivity contribution in [1.29, 1.82) is 0 Å². The van der Waals surface area contributed by atoms with Gasteiger partial charge >= 0.3 is 0 Å². The maximum absolute atomic E-state index is 5.68. The van der Waals surface area contributed by atoms with Crippen molar-refractivity contribution in [2.24, 2.45) is 5.73 Å². The van der Waals surface area contributed by atoms with Crippen LogP contribution in [-0.4, -0.2) is 30.6 Å². The van der Waals surface area contributed by atoms with Gasteiger partial charge in [0.05, 0.1) is 0 Å². The van der Waals surface area contributed by atoms with Crippen molar-refractivity contribution in [1.82, 2.24) is 4.90 Å². The Labute approximate surface area is 56.3 Å². The third-order valence-electron chi connectivity index (χ3n) is 1.70. The van der Waals surface area contributed by atoms with E-state index in [4.69, 9.17) is 5.73 Å². The lowest BCUT2D eigenvalue weighted by molar-refractivity contribution is 0.372. The van der Waals surface area contributed by atoms with Crippen LogP contribution < -0.4 is 5.73 Å². The Balaban J connectivity index is 2.21. The summed E-state index contributed by atoms with van der Waals surface area (Å²) in [7, 11) is 0. The van der Waals surface area contributed by atoms with Crippen molar-refractivity contribution in [3.63, 3.8) is 0 Å². The molecule has 0 aromatic carbocycles. The fourth-order valence-electron chi connectivity index (χ4n) is 1.21. The smallest absolute Gasteiger partial charge is 0.0180 e. The van der Waals surface area contributed by atoms with Gasteiger partial charge < -0.3 is 5.73 Å². The molecule has 0 aliphatic carbocycles. The molecule has 0 radical (unpaired) electrons. The summed E-state index contributed by atoms with van der Waals surface area (Å²) in [6.07, 6.45) is 3.08. The normalized spacial score (nSPS) is 28.8. The van der Waals surface area contributed by atoms with E-state index in [9.17, 15) is 0 Å². The van der Waals surface area contributed by atoms with Gasteiger partial charge in [-0.2, -0.15) is 0 Å². The Morgan fingerprint density at radius 1 is 1.78 bits per heavy atom. The summed E-state index contributed by atoms with van der Waals surface area (Å²) >= 11 is 0. The van der Waals surface area contributed by atoms with E-state index >= 15 is 0 Å². The molecule has 0 amide bonds. The van der Waals surface area contributed by atoms with Gasteiger partial charge in [0.25, 0.3) is 0 Å². The second-order valence-corrected chi connectivity index (χ2v) is 2.60. The molecule has 1 atom stereocenters. The molecule has 1 rings (SSSR count). The maximum Gasteiger partial charge on any atom is 0.0180 e. The van der Waals surface area contributed by atoms with E-state index in [0.717, 1.165) is 26.1 Å². The Morgan fingerprint density at radius 3 is 3.00 bits per heavy atom. The van der Waals surface area contributed by atoms with Crippen molar-refractivity contribution in [3.05, 3.63) is 12.7 Å². The Morgan fingerprint density at radius 2 is 2.56 bits per heavy atom. The Bertz CT molecular complexity index is 101. The molecular weight excluding hydrogens is 112 g/mol. The lowest BCUT2D eigenvalue weighted by Crippen LogP contribution is -2.26. The first-order valence-electron chi connectivity index (χ1n) is 3.42. The van der Waals surface area contributed by atoms with Gasteiger partial charge in [-0.3, -0.25) is 4.90 Å². The second kappa shape index (κ2) is 2.99. The number of nitrogens with zero attached hydrogens (tertiary/aromatic N) is 1. The largest absolute Gasteiger partial charge is 0.326 e. The fourth-order valence-corrected chi connectivity index (χ4v) is 1.21. The average molecular weight is 126 g/mol. The molecule has 1 saturated heterocycles. The van der Waals surface area contributed by atoms with Crippen LogP contribution in [0.1, 0.15) is 6.42 Å². The summed E-state index contributed by atoms with van der Waals surface area (Å²) in [6, 6.07) is 0.407. The van der Waals surface area contributed by atoms with Crippen LogP contribution in [0.3, 0.4) is 0 Å². The van der Waals surface area contributed by atoms with E-state index in [0.29, 0.717) is 6.04 Å². The van der Waals surface area contributed by atoms with Gasteiger partial charge in [0.2, 0.25) is 0 Å². The molecule has 2 N–H and O–H groups in total. The zero-order valence-electron chi connectivity index (χ0n) is 5.71. The molecule has 52 valence electrons. The second-order valence-electron chi connectivity index (χ2n) is 2.60. The van der Waals surface area contributed by atoms with Gasteiger partial charge in [0.1, 0.15) is 0 Å². The van der Waals surface area contributed by atoms with Crippen molar-refractivity contribution in [2.75, 3.05) is 19.6 Å². The molecular formula is C7H14N2. The average Bonchev–Trinajstić information content (AvgIpc) is 2.17. The molecule has 2 nitrogen and oxygen atoms in total. The highest BCUT2D eigenvalue weighted by molar-refractivity contribution is 4.82. The molecule has 0 aromatic rings. The predicted octanol–water partition coefficient (Wildman–Crippen LogP) is 0.205. The van der Waals surface area contributed by atoms with E-state index in [1.54, 1.807) is 0 Å². The van der Waals surface area contributed by atoms with Crippen LogP contribution in [0.2, 0.25) is 0 Å². The molecule has 1 heterocycles. The first-order valence-corrected chi connectivity index (χ1v) is 3.42. The Kier molecular flexibility index (Phi) is 2.25. The topological polar surface area (TPSA) is 29.3 Å². The van der Waals surface area contributed by atoms with Gasteiger partial charge in [-0.05, 0) is 6.42 Å². The molecule has 0 bridgehead atoms. The maximum atomic E-state index is 5.68. The number of rotatable bonds is 2. The van der Waals surface area contributed by atoms with Gasteiger partial charge in [-0.25, -0.2) is 0 Å². The van der Waals surface area contributed by atoms with Crippen LogP contribution in [-0.2, 0) is 0 Å². The lowest BCUT2D eigenvalue weighted by Gasteiger charge is -2.10. The minimum atomic E-state index is 0.407. The molecule has 0 spiro atoms. The number of nitrogens with two attached hydrogens (primary N) is 1. The van der Waals surface area contributed by atoms with Gasteiger partial charge in [-0.15, -0.1) is 6.58 Å². The van der Waals surface area contributed by atoms with Crippen LogP contribution in [0, 0.1) is 0 Å². The zero-order chi connectivity index (χ0) is 6.69. The van der Waals surface area contributed by atoms with E-state index < -0.39 is 0 Å². The zero-order valence-corrected chi connectivity index (χ0v) is 5.71. The van der Waals surface area contributed by atoms with Gasteiger partial charge in [0.15, 0.2) is 0 Å². The van der Waals surface area contributed by atoms with Crippen molar-refractivity contribution < 1.29 is 0 Å². The number of hydrogen-bond donors (Lipinski definition) is 1. The van der Waals surface area contributed by atoms with E-state index in [1.165, 1.54) is 0 Å². The van der Waals surface area contributed by atoms with Crippen LogP contribution in [0.25, 0.3) is 0 Å². The van der Waals surface area contributed by atoms with Crippen LogP contribution >= 0.6 is 0 Å². The summed E-state index contributed by atoms with van der Waals surface area (Å²) < 4.78 is 0. The Hall–Kier alpha value is -0.340. The van der Waals surface area contributed by atoms with E-state index in [2.05, 4.69) is 11.5 Å². The number of hydrogen-bond acceptors (Lipinski definition) is 2. The summed E-state index contributed by atoms with van der Waals surface area (Å²) in [5.74, 6) is 0. The minimum absolute atomic E-state index is 0.407. The third kappa shape index (κ3) is 1.80. The number of likely N-dealkylation sites (tertiary alicyclic amines) is 1. The third-order valence-corrected chi connectivity index (χ3v) is 1.70. The summed E-state index contributed by atoms with van der Waals surface area (Å²) in [4.78, 5) is 2.32. The minimum Gasteiger partial charge on any atom is -0.326 e. The van der Waals surface area contributed by atoms with Crippen molar-refractivity contribution >= 4 is 0 Å². The van der Waals surface area contributed by atoms with Gasteiger partial charge in [0, 0.05) is 25.7 Å². The molecule has 9 heavy (non-hydrogen) atoms. The van der Waals surface area contributed by atoms with E-state index in [1.807, 2.05) is 6.08 Å². The summed E-state index contributed by atoms with van der Waals surface area (Å²) in [6.45, 7) is 6.85. The SMILES string of the molecule is C=CCN1CCC(N)C1. The summed E-state index contributed by atoms with van der Waals surface area (Å²) in [5, 5.41) is 0. The van der Waals surface area contributed by atoms with Crippen molar-refractivity contribution in [3.8, 4) is 0 Å². The van der Waals surface area contributed by atoms with Crippen LogP contribution in [0.4, 0.5) is 0 Å². The highest BCUT2D eigenvalue weighted by Crippen LogP contribution is 2.05. The first kappa shape index (κ1) is 6.78. The predicted molar refractivity (Wildman–Crippen MR) is 39.2 cm³/mol.